The Morgan fingerprint density at radius 2 is 1.90 bits per heavy atom. The third kappa shape index (κ3) is 9.70. The van der Waals surface area contributed by atoms with Crippen LogP contribution in [0.4, 0.5) is 5.82 Å². The number of amides is 2. The summed E-state index contributed by atoms with van der Waals surface area (Å²) in [5.41, 5.74) is 0.642. The first-order valence-electron chi connectivity index (χ1n) is 13.4. The molecule has 2 aromatic heterocycles. The van der Waals surface area contributed by atoms with Crippen molar-refractivity contribution in [3.8, 4) is 0 Å². The zero-order chi connectivity index (χ0) is 28.4. The van der Waals surface area contributed by atoms with Crippen molar-refractivity contribution >= 4 is 34.5 Å². The molecule has 0 fully saturated rings. The van der Waals surface area contributed by atoms with Gasteiger partial charge >= 0.3 is 5.97 Å². The topological polar surface area (TPSA) is 127 Å². The molecule has 3 N–H and O–H groups in total. The first-order valence-corrected chi connectivity index (χ1v) is 13.4. The minimum Gasteiger partial charge on any atom is -0.458 e. The Bertz CT molecular complexity index is 1250. The summed E-state index contributed by atoms with van der Waals surface area (Å²) in [7, 11) is 0. The number of esters is 1. The highest BCUT2D eigenvalue weighted by molar-refractivity contribution is 5.98. The summed E-state index contributed by atoms with van der Waals surface area (Å²) in [4.78, 5) is 42.3. The van der Waals surface area contributed by atoms with Crippen LogP contribution in [0.1, 0.15) is 64.2 Å². The van der Waals surface area contributed by atoms with E-state index in [9.17, 15) is 14.4 Å². The van der Waals surface area contributed by atoms with Gasteiger partial charge in [-0.05, 0) is 69.9 Å². The second-order valence-electron chi connectivity index (χ2n) is 10.9. The van der Waals surface area contributed by atoms with Crippen molar-refractivity contribution in [3.63, 3.8) is 0 Å². The van der Waals surface area contributed by atoms with Crippen LogP contribution in [0.3, 0.4) is 0 Å². The van der Waals surface area contributed by atoms with E-state index in [1.165, 1.54) is 0 Å². The van der Waals surface area contributed by atoms with Crippen LogP contribution >= 0.6 is 0 Å². The van der Waals surface area contributed by atoms with Crippen LogP contribution in [0.5, 0.6) is 0 Å². The molecule has 1 aromatic carbocycles. The lowest BCUT2D eigenvalue weighted by atomic mass is 10.1. The van der Waals surface area contributed by atoms with E-state index in [2.05, 4.69) is 26.0 Å². The maximum absolute atomic E-state index is 12.9. The van der Waals surface area contributed by atoms with Crippen molar-refractivity contribution in [2.45, 2.75) is 72.1 Å². The van der Waals surface area contributed by atoms with E-state index in [1.54, 1.807) is 45.3 Å². The molecule has 0 aliphatic heterocycles. The van der Waals surface area contributed by atoms with Crippen LogP contribution in [0.15, 0.2) is 48.8 Å². The number of aryl methyl sites for hydroxylation is 1. The molecule has 10 nitrogen and oxygen atoms in total. The first kappa shape index (κ1) is 29.6. The van der Waals surface area contributed by atoms with Crippen molar-refractivity contribution in [1.29, 1.82) is 0 Å². The zero-order valence-electron chi connectivity index (χ0n) is 23.5. The van der Waals surface area contributed by atoms with Gasteiger partial charge in [-0.1, -0.05) is 19.9 Å². The Morgan fingerprint density at radius 3 is 2.59 bits per heavy atom. The molecular weight excluding hydrogens is 496 g/mol. The fraction of sp³-hybridized carbons (Fsp3) is 0.483. The lowest BCUT2D eigenvalue weighted by Gasteiger charge is -2.25. The summed E-state index contributed by atoms with van der Waals surface area (Å²) in [5, 5.41) is 14.1. The number of benzene rings is 1. The number of carbonyl (C=O) groups excluding carboxylic acids is 3. The maximum Gasteiger partial charge on any atom is 0.331 e. The summed E-state index contributed by atoms with van der Waals surface area (Å²) < 4.78 is 7.37. The predicted octanol–water partition coefficient (Wildman–Crippen LogP) is 3.93. The maximum atomic E-state index is 12.9. The van der Waals surface area contributed by atoms with Crippen molar-refractivity contribution in [1.82, 2.24) is 25.4 Å². The number of fused-ring (bicyclic) bond motifs is 1. The van der Waals surface area contributed by atoms with Gasteiger partial charge in [0.25, 0.3) is 5.91 Å². The van der Waals surface area contributed by atoms with Crippen LogP contribution in [-0.4, -0.2) is 57.3 Å². The Morgan fingerprint density at radius 1 is 1.10 bits per heavy atom. The van der Waals surface area contributed by atoms with Crippen molar-refractivity contribution in [3.05, 3.63) is 54.4 Å². The molecule has 0 saturated carbocycles. The van der Waals surface area contributed by atoms with Crippen LogP contribution in [0.2, 0.25) is 0 Å². The molecule has 3 aromatic rings. The average Bonchev–Trinajstić information content (AvgIpc) is 3.29. The van der Waals surface area contributed by atoms with Gasteiger partial charge in [-0.25, -0.2) is 9.78 Å². The standard InChI is InChI=1S/C29H40N6O4/c1-20(2)10-13-26(36)34-23(28(38)39-29(3,4)5)19-32-27(37)21-11-12-24-22(17-21)18-33-35(24)16-8-15-31-25-9-6-7-14-30-25/h6-7,9,11-12,14,17-18,20,23H,8,10,13,15-16,19H2,1-5H3,(H,30,31)(H,32,37)(H,34,36)/t23-/m0/s1. The van der Waals surface area contributed by atoms with E-state index in [1.807, 2.05) is 42.8 Å². The molecule has 10 heteroatoms. The largest absolute Gasteiger partial charge is 0.458 e. The monoisotopic (exact) mass is 536 g/mol. The Kier molecular flexibility index (Phi) is 10.4. The summed E-state index contributed by atoms with van der Waals surface area (Å²) in [5.74, 6) is 0.00232. The van der Waals surface area contributed by atoms with Gasteiger partial charge in [0, 0.05) is 43.2 Å². The second-order valence-corrected chi connectivity index (χ2v) is 10.9. The van der Waals surface area contributed by atoms with E-state index >= 15 is 0 Å². The van der Waals surface area contributed by atoms with Crippen LogP contribution in [-0.2, 0) is 20.9 Å². The molecule has 0 saturated heterocycles. The number of anilines is 1. The van der Waals surface area contributed by atoms with Gasteiger partial charge in [0.05, 0.1) is 11.7 Å². The highest BCUT2D eigenvalue weighted by Crippen LogP contribution is 2.17. The molecular formula is C29H40N6O4. The van der Waals surface area contributed by atoms with Gasteiger partial charge in [0.15, 0.2) is 0 Å². The van der Waals surface area contributed by atoms with Gasteiger partial charge in [-0.2, -0.15) is 5.10 Å². The van der Waals surface area contributed by atoms with Crippen molar-refractivity contribution in [2.24, 2.45) is 5.92 Å². The van der Waals surface area contributed by atoms with Gasteiger partial charge in [-0.3, -0.25) is 14.3 Å². The number of carbonyl (C=O) groups is 3. The third-order valence-electron chi connectivity index (χ3n) is 5.86. The number of nitrogens with one attached hydrogen (secondary N) is 3. The van der Waals surface area contributed by atoms with Crippen LogP contribution in [0, 0.1) is 5.92 Å². The molecule has 39 heavy (non-hydrogen) atoms. The van der Waals surface area contributed by atoms with E-state index < -0.39 is 17.6 Å². The smallest absolute Gasteiger partial charge is 0.331 e. The Labute approximate surface area is 229 Å². The van der Waals surface area contributed by atoms with E-state index in [-0.39, 0.29) is 18.4 Å². The molecule has 2 heterocycles. The predicted molar refractivity (Wildman–Crippen MR) is 151 cm³/mol. The zero-order valence-corrected chi connectivity index (χ0v) is 23.5. The molecule has 0 aliphatic rings. The van der Waals surface area contributed by atoms with Crippen molar-refractivity contribution in [2.75, 3.05) is 18.4 Å². The number of hydrogen-bond acceptors (Lipinski definition) is 7. The minimum absolute atomic E-state index is 0.0816. The van der Waals surface area contributed by atoms with E-state index in [0.29, 0.717) is 30.9 Å². The second kappa shape index (κ2) is 13.7. The number of hydrogen-bond donors (Lipinski definition) is 3. The number of nitrogens with zero attached hydrogens (tertiary/aromatic N) is 3. The first-order chi connectivity index (χ1) is 18.5. The number of aromatic nitrogens is 3. The van der Waals surface area contributed by atoms with Gasteiger partial charge < -0.3 is 20.7 Å². The Hall–Kier alpha value is -3.95. The highest BCUT2D eigenvalue weighted by Gasteiger charge is 2.27. The summed E-state index contributed by atoms with van der Waals surface area (Å²) >= 11 is 0. The SMILES string of the molecule is CC(C)CCC(=O)N[C@@H](CNC(=O)c1ccc2c(cnn2CCCNc2ccccn2)c1)C(=O)OC(C)(C)C. The fourth-order valence-electron chi connectivity index (χ4n) is 3.87. The molecule has 0 bridgehead atoms. The summed E-state index contributed by atoms with van der Waals surface area (Å²) in [6.07, 6.45) is 5.33. The normalized spacial score (nSPS) is 12.3. The number of pyridine rings is 1. The van der Waals surface area contributed by atoms with Gasteiger partial charge in [-0.15, -0.1) is 0 Å². The quantitative estimate of drug-likeness (QED) is 0.223. The number of ether oxygens (including phenoxy) is 1. The molecule has 210 valence electrons. The van der Waals surface area contributed by atoms with Gasteiger partial charge in [0.1, 0.15) is 17.5 Å². The number of rotatable bonds is 13. The fourth-order valence-corrected chi connectivity index (χ4v) is 3.87. The van der Waals surface area contributed by atoms with E-state index in [0.717, 1.165) is 29.7 Å². The lowest BCUT2D eigenvalue weighted by molar-refractivity contribution is -0.158. The molecule has 0 radical (unpaired) electrons. The minimum atomic E-state index is -0.987. The van der Waals surface area contributed by atoms with Crippen LogP contribution < -0.4 is 16.0 Å². The summed E-state index contributed by atoms with van der Waals surface area (Å²) in [6.45, 7) is 10.7. The Balaban J connectivity index is 1.58. The summed E-state index contributed by atoms with van der Waals surface area (Å²) in [6, 6.07) is 10.1. The molecule has 2 amide bonds. The highest BCUT2D eigenvalue weighted by atomic mass is 16.6. The van der Waals surface area contributed by atoms with Crippen molar-refractivity contribution < 1.29 is 19.1 Å². The third-order valence-corrected chi connectivity index (χ3v) is 5.86. The molecule has 0 aliphatic carbocycles. The molecule has 0 unspecified atom stereocenters. The van der Waals surface area contributed by atoms with E-state index in [4.69, 9.17) is 4.74 Å². The van der Waals surface area contributed by atoms with Gasteiger partial charge in [0.2, 0.25) is 5.91 Å². The average molecular weight is 537 g/mol. The van der Waals surface area contributed by atoms with Crippen LogP contribution in [0.25, 0.3) is 10.9 Å². The molecule has 0 spiro atoms. The molecule has 1 atom stereocenters. The lowest BCUT2D eigenvalue weighted by Crippen LogP contribution is -2.50. The molecule has 3 rings (SSSR count).